The van der Waals surface area contributed by atoms with Gasteiger partial charge in [-0.15, -0.1) is 0 Å². The molecule has 0 aliphatic heterocycles. The summed E-state index contributed by atoms with van der Waals surface area (Å²) in [6.07, 6.45) is 0.405. The quantitative estimate of drug-likeness (QED) is 0.775. The first-order chi connectivity index (χ1) is 12.0. The van der Waals surface area contributed by atoms with Crippen molar-refractivity contribution in [3.63, 3.8) is 0 Å². The van der Waals surface area contributed by atoms with Crippen LogP contribution in [0.4, 0.5) is 0 Å². The summed E-state index contributed by atoms with van der Waals surface area (Å²) in [5.74, 6) is -1.31. The Morgan fingerprint density at radius 1 is 1.16 bits per heavy atom. The molecule has 6 heteroatoms. The van der Waals surface area contributed by atoms with Gasteiger partial charge in [-0.25, -0.2) is 4.79 Å². The van der Waals surface area contributed by atoms with Crippen molar-refractivity contribution in [2.75, 3.05) is 0 Å². The average Bonchev–Trinajstić information content (AvgIpc) is 2.94. The molecule has 1 aromatic heterocycles. The van der Waals surface area contributed by atoms with E-state index in [0.29, 0.717) is 16.8 Å². The van der Waals surface area contributed by atoms with Crippen molar-refractivity contribution in [1.82, 2.24) is 4.57 Å². The number of aryl methyl sites for hydroxylation is 1. The number of hydrogen-bond acceptors (Lipinski definition) is 3. The molecule has 0 saturated carbocycles. The second kappa shape index (κ2) is 7.03. The Balaban J connectivity index is 2.19. The molecule has 1 atom stereocenters. The van der Waals surface area contributed by atoms with E-state index < -0.39 is 12.0 Å². The second-order valence-corrected chi connectivity index (χ2v) is 6.78. The molecule has 5 nitrogen and oxygen atoms in total. The van der Waals surface area contributed by atoms with Crippen LogP contribution in [0.3, 0.4) is 0 Å². The van der Waals surface area contributed by atoms with Crippen molar-refractivity contribution >= 4 is 33.4 Å². The summed E-state index contributed by atoms with van der Waals surface area (Å²) in [6.45, 7) is 3.76. The molecule has 1 N–H and O–H groups in total. The van der Waals surface area contributed by atoms with Crippen molar-refractivity contribution in [2.45, 2.75) is 26.3 Å². The highest BCUT2D eigenvalue weighted by atomic mass is 32.1. The largest absolute Gasteiger partial charge is 0.480 e. The van der Waals surface area contributed by atoms with Crippen molar-refractivity contribution < 1.29 is 14.7 Å². The molecule has 25 heavy (non-hydrogen) atoms. The fourth-order valence-electron chi connectivity index (χ4n) is 2.69. The van der Waals surface area contributed by atoms with Crippen LogP contribution in [0.15, 0.2) is 53.5 Å². The number of rotatable bonds is 4. The number of hydrogen-bond donors (Lipinski definition) is 1. The lowest BCUT2D eigenvalue weighted by atomic mass is 10.1. The summed E-state index contributed by atoms with van der Waals surface area (Å²) in [5, 5.41) is 9.57. The van der Waals surface area contributed by atoms with Crippen LogP contribution in [-0.4, -0.2) is 21.6 Å². The van der Waals surface area contributed by atoms with Gasteiger partial charge in [-0.2, -0.15) is 4.99 Å². The van der Waals surface area contributed by atoms with Crippen LogP contribution in [0.1, 0.15) is 35.3 Å². The van der Waals surface area contributed by atoms with Gasteiger partial charge in [-0.1, -0.05) is 48.1 Å². The third-order valence-electron chi connectivity index (χ3n) is 4.01. The maximum atomic E-state index is 12.5. The normalized spacial score (nSPS) is 13.1. The van der Waals surface area contributed by atoms with Crippen LogP contribution in [0.25, 0.3) is 10.2 Å². The van der Waals surface area contributed by atoms with E-state index in [9.17, 15) is 14.7 Å². The van der Waals surface area contributed by atoms with Gasteiger partial charge in [0, 0.05) is 5.56 Å². The number of carbonyl (C=O) groups is 2. The molecule has 128 valence electrons. The highest BCUT2D eigenvalue weighted by Crippen LogP contribution is 2.22. The molecule has 3 aromatic rings. The molecule has 0 spiro atoms. The molecule has 2 aromatic carbocycles. The van der Waals surface area contributed by atoms with Crippen LogP contribution < -0.4 is 4.80 Å². The number of thiazole rings is 1. The van der Waals surface area contributed by atoms with E-state index in [1.54, 1.807) is 16.7 Å². The number of aromatic nitrogens is 1. The van der Waals surface area contributed by atoms with Crippen LogP contribution in [0.5, 0.6) is 0 Å². The average molecular weight is 354 g/mol. The Bertz CT molecular complexity index is 999. The van der Waals surface area contributed by atoms with Gasteiger partial charge in [0.1, 0.15) is 6.04 Å². The van der Waals surface area contributed by atoms with Gasteiger partial charge in [0.05, 0.1) is 10.2 Å². The third-order valence-corrected chi connectivity index (χ3v) is 5.05. The second-order valence-electron chi connectivity index (χ2n) is 5.77. The summed E-state index contributed by atoms with van der Waals surface area (Å²) in [7, 11) is 0. The molecule has 0 aliphatic rings. The number of benzene rings is 2. The topological polar surface area (TPSA) is 71.7 Å². The van der Waals surface area contributed by atoms with E-state index in [2.05, 4.69) is 4.99 Å². The number of carboxylic acids is 1. The predicted octanol–water partition coefficient (Wildman–Crippen LogP) is 3.79. The lowest BCUT2D eigenvalue weighted by Crippen LogP contribution is -2.27. The Labute approximate surface area is 148 Å². The zero-order valence-corrected chi connectivity index (χ0v) is 14.8. The molecule has 0 radical (unpaired) electrons. The fraction of sp³-hybridized carbons (Fsp3) is 0.211. The smallest absolute Gasteiger partial charge is 0.326 e. The maximum Gasteiger partial charge on any atom is 0.326 e. The molecule has 0 unspecified atom stereocenters. The Morgan fingerprint density at radius 2 is 1.84 bits per heavy atom. The zero-order valence-electron chi connectivity index (χ0n) is 14.0. The summed E-state index contributed by atoms with van der Waals surface area (Å²) >= 11 is 1.32. The number of para-hydroxylation sites is 1. The van der Waals surface area contributed by atoms with E-state index in [4.69, 9.17) is 0 Å². The van der Waals surface area contributed by atoms with Crippen molar-refractivity contribution in [3.8, 4) is 0 Å². The van der Waals surface area contributed by atoms with E-state index in [1.165, 1.54) is 11.3 Å². The van der Waals surface area contributed by atoms with Crippen LogP contribution in [-0.2, 0) is 4.79 Å². The molecular weight excluding hydrogens is 336 g/mol. The van der Waals surface area contributed by atoms with Crippen molar-refractivity contribution in [3.05, 3.63) is 64.5 Å². The standard InChI is InChI=1S/C19H18N2O3S/c1-3-14(18(23)24)21-15-6-4-5-7-16(15)25-19(21)20-17(22)13-10-8-12(2)9-11-13/h4-11,14H,3H2,1-2H3,(H,23,24)/t14-/m1/s1. The van der Waals surface area contributed by atoms with Crippen molar-refractivity contribution in [2.24, 2.45) is 4.99 Å². The van der Waals surface area contributed by atoms with Crippen LogP contribution >= 0.6 is 11.3 Å². The number of carboxylic acid groups (broad SMARTS) is 1. The SMILES string of the molecule is CC[C@H](C(=O)O)n1c(=NC(=O)c2ccc(C)cc2)sc2ccccc21. The maximum absolute atomic E-state index is 12.5. The molecule has 1 heterocycles. The summed E-state index contributed by atoms with van der Waals surface area (Å²) in [5.41, 5.74) is 2.32. The number of amides is 1. The number of aliphatic carboxylic acids is 1. The molecule has 0 saturated heterocycles. The first-order valence-corrected chi connectivity index (χ1v) is 8.81. The molecule has 0 aliphatic carbocycles. The molecule has 1 amide bonds. The Kier molecular flexibility index (Phi) is 4.81. The summed E-state index contributed by atoms with van der Waals surface area (Å²) < 4.78 is 2.55. The summed E-state index contributed by atoms with van der Waals surface area (Å²) in [4.78, 5) is 28.8. The molecular formula is C19H18N2O3S. The first kappa shape index (κ1) is 17.1. The number of fused-ring (bicyclic) bond motifs is 1. The van der Waals surface area contributed by atoms with Gasteiger partial charge in [0.15, 0.2) is 4.80 Å². The number of carbonyl (C=O) groups excluding carboxylic acids is 1. The van der Waals surface area contributed by atoms with Gasteiger partial charge in [-0.05, 0) is 37.6 Å². The highest BCUT2D eigenvalue weighted by Gasteiger charge is 2.21. The minimum atomic E-state index is -0.935. The number of nitrogens with zero attached hydrogens (tertiary/aromatic N) is 2. The van der Waals surface area contributed by atoms with Gasteiger partial charge in [-0.3, -0.25) is 4.79 Å². The van der Waals surface area contributed by atoms with E-state index >= 15 is 0 Å². The van der Waals surface area contributed by atoms with Crippen LogP contribution in [0.2, 0.25) is 0 Å². The molecule has 3 rings (SSSR count). The molecule has 0 fully saturated rings. The van der Waals surface area contributed by atoms with Crippen LogP contribution in [0, 0.1) is 6.92 Å². The van der Waals surface area contributed by atoms with E-state index in [0.717, 1.165) is 15.8 Å². The zero-order chi connectivity index (χ0) is 18.0. The first-order valence-electron chi connectivity index (χ1n) is 8.00. The van der Waals surface area contributed by atoms with Gasteiger partial charge in [0.2, 0.25) is 0 Å². The predicted molar refractivity (Wildman–Crippen MR) is 97.9 cm³/mol. The van der Waals surface area contributed by atoms with Gasteiger partial charge >= 0.3 is 5.97 Å². The van der Waals surface area contributed by atoms with Gasteiger partial charge < -0.3 is 9.67 Å². The van der Waals surface area contributed by atoms with Crippen molar-refractivity contribution in [1.29, 1.82) is 0 Å². The van der Waals surface area contributed by atoms with E-state index in [-0.39, 0.29) is 5.91 Å². The third kappa shape index (κ3) is 3.39. The lowest BCUT2D eigenvalue weighted by molar-refractivity contribution is -0.140. The minimum Gasteiger partial charge on any atom is -0.480 e. The summed E-state index contributed by atoms with van der Waals surface area (Å²) in [6, 6.07) is 13.9. The Morgan fingerprint density at radius 3 is 2.48 bits per heavy atom. The minimum absolute atomic E-state index is 0.374. The highest BCUT2D eigenvalue weighted by molar-refractivity contribution is 7.16. The fourth-order valence-corrected chi connectivity index (χ4v) is 3.75. The molecule has 0 bridgehead atoms. The van der Waals surface area contributed by atoms with E-state index in [1.807, 2.05) is 50.2 Å². The van der Waals surface area contributed by atoms with Gasteiger partial charge in [0.25, 0.3) is 5.91 Å². The monoisotopic (exact) mass is 354 g/mol. The Hall–Kier alpha value is -2.73. The lowest BCUT2D eigenvalue weighted by Gasteiger charge is -2.13.